The van der Waals surface area contributed by atoms with Crippen LogP contribution in [0.3, 0.4) is 0 Å². The number of nitrogens with zero attached hydrogens (tertiary/aromatic N) is 8. The molecule has 416 valence electrons. The number of carbonyl (C=O) groups is 4. The number of amides is 2. The number of aryl methyl sites for hydroxylation is 2. The summed E-state index contributed by atoms with van der Waals surface area (Å²) in [5, 5.41) is 22.7. The first-order chi connectivity index (χ1) is 33.4. The topological polar surface area (TPSA) is 212 Å². The summed E-state index contributed by atoms with van der Waals surface area (Å²) in [6.45, 7) is 36.9. The molecule has 0 bridgehead atoms. The van der Waals surface area contributed by atoms with Gasteiger partial charge in [0.1, 0.15) is 12.7 Å². The van der Waals surface area contributed by atoms with Gasteiger partial charge >= 0.3 is 11.9 Å². The fraction of sp³-hybridized carbons (Fsp3) is 0.585. The Morgan fingerprint density at radius 2 is 0.822 bits per heavy atom. The van der Waals surface area contributed by atoms with Gasteiger partial charge in [0.05, 0.1) is 127 Å². The van der Waals surface area contributed by atoms with Crippen LogP contribution in [0.1, 0.15) is 156 Å². The highest BCUT2D eigenvalue weighted by Crippen LogP contribution is 2.29. The summed E-state index contributed by atoms with van der Waals surface area (Å²) in [5.74, 6) is -1.06. The summed E-state index contributed by atoms with van der Waals surface area (Å²) in [6, 6.07) is 11.3. The van der Waals surface area contributed by atoms with Crippen LogP contribution >= 0.6 is 0 Å². The van der Waals surface area contributed by atoms with Crippen LogP contribution in [0.25, 0.3) is 11.4 Å². The number of esters is 2. The molecule has 20 heteroatoms. The summed E-state index contributed by atoms with van der Waals surface area (Å²) < 4.78 is 16.3. The average Bonchev–Trinajstić information content (AvgIpc) is 3.95. The average molecular weight is 1030 g/mol. The summed E-state index contributed by atoms with van der Waals surface area (Å²) in [5.41, 5.74) is 6.40. The van der Waals surface area contributed by atoms with E-state index in [2.05, 4.69) is 85.2 Å². The molecule has 0 radical (unpaired) electrons. The molecule has 2 amide bonds. The maximum absolute atomic E-state index is 12.6. The predicted octanol–water partition coefficient (Wildman–Crippen LogP) is 7.24. The van der Waals surface area contributed by atoms with Gasteiger partial charge in [0.25, 0.3) is 11.8 Å². The van der Waals surface area contributed by atoms with Crippen molar-refractivity contribution >= 4 is 23.8 Å². The Morgan fingerprint density at radius 3 is 1.04 bits per heavy atom. The monoisotopic (exact) mass is 1030 g/mol. The zero-order valence-corrected chi connectivity index (χ0v) is 44.6. The minimum atomic E-state index is -0.465. The molecule has 2 aromatic heterocycles. The van der Waals surface area contributed by atoms with E-state index < -0.39 is 11.9 Å². The highest BCUT2D eigenvalue weighted by molar-refractivity contribution is 6.01. The van der Waals surface area contributed by atoms with Crippen LogP contribution in [-0.4, -0.2) is 156 Å². The van der Waals surface area contributed by atoms with Crippen molar-refractivity contribution in [3.8, 4) is 11.4 Å². The lowest BCUT2D eigenvalue weighted by Crippen LogP contribution is -2.47. The minimum Gasteiger partial charge on any atom is -0.692 e. The molecular formula is C53H92N8O12. The molecule has 0 saturated heterocycles. The predicted molar refractivity (Wildman–Crippen MR) is 281 cm³/mol. The highest BCUT2D eigenvalue weighted by atomic mass is 17.5. The van der Waals surface area contributed by atoms with E-state index in [4.69, 9.17) is 20.0 Å². The zero-order valence-electron chi connectivity index (χ0n) is 44.6. The lowest BCUT2D eigenvalue weighted by Gasteiger charge is -2.34. The molecule has 4 heterocycles. The molecule has 0 N–H and O–H groups in total. The van der Waals surface area contributed by atoms with Gasteiger partial charge in [0, 0.05) is 14.1 Å². The van der Waals surface area contributed by atoms with Crippen LogP contribution in [0.5, 0.6) is 0 Å². The van der Waals surface area contributed by atoms with E-state index in [1.54, 1.807) is 59.5 Å². The number of carbonyl (C=O) groups excluding carboxylic acids is 4. The summed E-state index contributed by atoms with van der Waals surface area (Å²) in [6.07, 6.45) is 3.15. The van der Waals surface area contributed by atoms with Gasteiger partial charge in [-0.05, 0) is 106 Å². The van der Waals surface area contributed by atoms with Crippen molar-refractivity contribution in [2.45, 2.75) is 118 Å². The van der Waals surface area contributed by atoms with Crippen LogP contribution in [0, 0.1) is 13.8 Å². The number of fused-ring (bicyclic) bond motifs is 6. The molecule has 73 heavy (non-hydrogen) atoms. The second-order valence-corrected chi connectivity index (χ2v) is 16.2. The van der Waals surface area contributed by atoms with E-state index in [0.717, 1.165) is 36.7 Å². The van der Waals surface area contributed by atoms with Crippen molar-refractivity contribution < 1.29 is 68.0 Å². The van der Waals surface area contributed by atoms with E-state index >= 15 is 0 Å². The van der Waals surface area contributed by atoms with E-state index in [0.29, 0.717) is 35.6 Å². The molecular weight excluding hydrogens is 941 g/mol. The molecule has 0 spiro atoms. The molecule has 0 aliphatic carbocycles. The number of imidazole rings is 2. The first-order valence-corrected chi connectivity index (χ1v) is 23.9. The van der Waals surface area contributed by atoms with Crippen molar-refractivity contribution in [3.63, 3.8) is 0 Å². The number of hydrogen-bond acceptors (Lipinski definition) is 14. The lowest BCUT2D eigenvalue weighted by molar-refractivity contribution is -0.921. The molecule has 6 rings (SSSR count). The Labute approximate surface area is 437 Å². The lowest BCUT2D eigenvalue weighted by atomic mass is 10.1. The Kier molecular flexibility index (Phi) is 35.7. The molecule has 0 atom stereocenters. The van der Waals surface area contributed by atoms with Gasteiger partial charge < -0.3 is 38.8 Å². The molecule has 4 aromatic rings. The molecule has 0 unspecified atom stereocenters. The van der Waals surface area contributed by atoms with Crippen LogP contribution < -0.4 is 10.5 Å². The molecule has 20 nitrogen and oxygen atoms in total. The van der Waals surface area contributed by atoms with Gasteiger partial charge in [-0.3, -0.25) is 28.8 Å². The standard InChI is InChI=1S/2C16H17N3O3.2C8H20N.2CH4O3.3CH4/c2*1-4-22-16(21)14-12-8-18(3)15(20)13-10(2)6-5-7-11(13)19(12)9-17-14;2*1-5-9(6-2,7-3)8-4;2*1-3-4-2;;;/h2*5-7,9H,4,8H2,1-3H3;2*5-8H2,1-4H3;2*2H,1H3;3*1H4/q;;2*+1;;;;;/p-2. The van der Waals surface area contributed by atoms with Crippen LogP contribution in [0.4, 0.5) is 0 Å². The van der Waals surface area contributed by atoms with E-state index in [1.807, 2.05) is 50.2 Å². The zero-order chi connectivity index (χ0) is 53.2. The van der Waals surface area contributed by atoms with Crippen molar-refractivity contribution in [2.24, 2.45) is 0 Å². The normalized spacial score (nSPS) is 11.9. The minimum absolute atomic E-state index is 0. The summed E-state index contributed by atoms with van der Waals surface area (Å²) in [7, 11) is 5.73. The SMILES string of the molecule is C.C.C.CCOC(=O)c1ncn2c1CN(C)C(=O)c1c(C)cccc1-2.CCOC(=O)c1ncn2c1CN(C)C(=O)c1c(C)cccc1-2.CC[N+](CC)(CC)CC.CC[N+](CC)(CC)CC.COO[O-].COO[O-]. The van der Waals surface area contributed by atoms with Gasteiger partial charge in [0.2, 0.25) is 0 Å². The quantitative estimate of drug-likeness (QED) is 0.0528. The van der Waals surface area contributed by atoms with Gasteiger partial charge in [-0.15, -0.1) is 0 Å². The van der Waals surface area contributed by atoms with E-state index in [1.165, 1.54) is 61.3 Å². The van der Waals surface area contributed by atoms with Crippen molar-refractivity contribution in [3.05, 3.63) is 94.1 Å². The smallest absolute Gasteiger partial charge is 0.358 e. The highest BCUT2D eigenvalue weighted by Gasteiger charge is 2.31. The van der Waals surface area contributed by atoms with E-state index in [-0.39, 0.29) is 58.7 Å². The molecule has 2 aliphatic rings. The van der Waals surface area contributed by atoms with Crippen LogP contribution in [0.2, 0.25) is 0 Å². The van der Waals surface area contributed by atoms with Gasteiger partial charge in [-0.1, -0.05) is 46.5 Å². The fourth-order valence-corrected chi connectivity index (χ4v) is 8.13. The first-order valence-electron chi connectivity index (χ1n) is 23.9. The Hall–Kier alpha value is -5.58. The maximum atomic E-state index is 12.6. The largest absolute Gasteiger partial charge is 0.692 e. The fourth-order valence-electron chi connectivity index (χ4n) is 8.13. The Bertz CT molecular complexity index is 2030. The Morgan fingerprint density at radius 1 is 0.548 bits per heavy atom. The number of quaternary nitrogens is 2. The van der Waals surface area contributed by atoms with Crippen LogP contribution in [-0.2, 0) is 42.4 Å². The number of benzene rings is 2. The van der Waals surface area contributed by atoms with Crippen LogP contribution in [0.15, 0.2) is 49.1 Å². The molecule has 0 saturated carbocycles. The van der Waals surface area contributed by atoms with Gasteiger partial charge in [0.15, 0.2) is 11.4 Å². The maximum Gasteiger partial charge on any atom is 0.358 e. The molecule has 2 aliphatic heterocycles. The number of hydrogen-bond donors (Lipinski definition) is 0. The van der Waals surface area contributed by atoms with Crippen molar-refractivity contribution in [2.75, 3.05) is 93.9 Å². The third-order valence-corrected chi connectivity index (χ3v) is 13.1. The molecule has 0 fully saturated rings. The first kappa shape index (κ1) is 71.7. The summed E-state index contributed by atoms with van der Waals surface area (Å²) >= 11 is 0. The van der Waals surface area contributed by atoms with Crippen molar-refractivity contribution in [1.29, 1.82) is 0 Å². The summed E-state index contributed by atoms with van der Waals surface area (Å²) in [4.78, 5) is 67.9. The number of rotatable bonds is 14. The second kappa shape index (κ2) is 36.4. The van der Waals surface area contributed by atoms with E-state index in [9.17, 15) is 19.2 Å². The number of ether oxygens (including phenoxy) is 2. The van der Waals surface area contributed by atoms with Gasteiger partial charge in [-0.2, -0.15) is 0 Å². The van der Waals surface area contributed by atoms with Gasteiger partial charge in [-0.25, -0.2) is 29.3 Å². The second-order valence-electron chi connectivity index (χ2n) is 16.2. The Balaban J connectivity index is -0.000000895. The third-order valence-electron chi connectivity index (χ3n) is 13.1. The number of aromatic nitrogens is 4. The van der Waals surface area contributed by atoms with Crippen molar-refractivity contribution in [1.82, 2.24) is 28.9 Å². The molecule has 2 aromatic carbocycles. The third kappa shape index (κ3) is 19.0.